The Balaban J connectivity index is 1.95. The van der Waals surface area contributed by atoms with Crippen molar-refractivity contribution in [3.8, 4) is 0 Å². The van der Waals surface area contributed by atoms with Crippen LogP contribution in [0.3, 0.4) is 0 Å². The molecule has 1 fully saturated rings. The lowest BCUT2D eigenvalue weighted by Crippen LogP contribution is -2.14. The van der Waals surface area contributed by atoms with Crippen molar-refractivity contribution < 1.29 is 9.18 Å². The number of carbonyl (C=O) groups excluding carboxylic acids is 1. The summed E-state index contributed by atoms with van der Waals surface area (Å²) < 4.78 is 13.0. The first-order valence-electron chi connectivity index (χ1n) is 5.81. The highest BCUT2D eigenvalue weighted by molar-refractivity contribution is 6.31. The zero-order valence-corrected chi connectivity index (χ0v) is 10.3. The molecule has 1 aromatic rings. The van der Waals surface area contributed by atoms with Gasteiger partial charge in [-0.25, -0.2) is 4.39 Å². The largest absolute Gasteiger partial charge is 0.316 e. The van der Waals surface area contributed by atoms with Crippen LogP contribution in [-0.2, 0) is 11.2 Å². The van der Waals surface area contributed by atoms with E-state index < -0.39 is 0 Å². The fourth-order valence-corrected chi connectivity index (χ4v) is 2.36. The predicted octanol–water partition coefficient (Wildman–Crippen LogP) is 2.59. The van der Waals surface area contributed by atoms with Crippen LogP contribution in [-0.4, -0.2) is 18.9 Å². The molecule has 1 saturated heterocycles. The predicted molar refractivity (Wildman–Crippen MR) is 65.7 cm³/mol. The molecular weight excluding hydrogens is 241 g/mol. The summed E-state index contributed by atoms with van der Waals surface area (Å²) in [4.78, 5) is 11.8. The Labute approximate surface area is 105 Å². The lowest BCUT2D eigenvalue weighted by molar-refractivity contribution is -0.119. The normalized spacial score (nSPS) is 19.5. The molecule has 4 heteroatoms. The van der Waals surface area contributed by atoms with E-state index in [9.17, 15) is 9.18 Å². The SMILES string of the molecule is O=C(Cc1cc(F)ccc1Cl)CC1CCNC1. The second kappa shape index (κ2) is 5.61. The molecule has 1 aliphatic heterocycles. The third kappa shape index (κ3) is 3.51. The van der Waals surface area contributed by atoms with Crippen LogP contribution in [0.1, 0.15) is 18.4 Å². The highest BCUT2D eigenvalue weighted by Crippen LogP contribution is 2.20. The Kier molecular flexibility index (Phi) is 4.13. The molecule has 17 heavy (non-hydrogen) atoms. The van der Waals surface area contributed by atoms with Crippen LogP contribution in [0.5, 0.6) is 0 Å². The van der Waals surface area contributed by atoms with Gasteiger partial charge in [-0.1, -0.05) is 11.6 Å². The van der Waals surface area contributed by atoms with Crippen molar-refractivity contribution in [1.29, 1.82) is 0 Å². The molecule has 0 amide bonds. The van der Waals surface area contributed by atoms with Gasteiger partial charge in [-0.15, -0.1) is 0 Å². The number of ketones is 1. The van der Waals surface area contributed by atoms with Crippen molar-refractivity contribution in [3.05, 3.63) is 34.6 Å². The van der Waals surface area contributed by atoms with Crippen molar-refractivity contribution in [1.82, 2.24) is 5.32 Å². The summed E-state index contributed by atoms with van der Waals surface area (Å²) >= 11 is 5.93. The van der Waals surface area contributed by atoms with Crippen LogP contribution in [0.25, 0.3) is 0 Å². The maximum Gasteiger partial charge on any atom is 0.137 e. The summed E-state index contributed by atoms with van der Waals surface area (Å²) in [6, 6.07) is 4.14. The van der Waals surface area contributed by atoms with Gasteiger partial charge in [0.1, 0.15) is 11.6 Å². The minimum atomic E-state index is -0.347. The van der Waals surface area contributed by atoms with Crippen LogP contribution in [0.15, 0.2) is 18.2 Å². The van der Waals surface area contributed by atoms with E-state index in [-0.39, 0.29) is 18.0 Å². The molecule has 2 rings (SSSR count). The van der Waals surface area contributed by atoms with E-state index in [4.69, 9.17) is 11.6 Å². The maximum atomic E-state index is 13.0. The number of Topliss-reactive ketones (excluding diaryl/α,β-unsaturated/α-hetero) is 1. The van der Waals surface area contributed by atoms with Crippen LogP contribution < -0.4 is 5.32 Å². The van der Waals surface area contributed by atoms with Crippen LogP contribution >= 0.6 is 11.6 Å². The van der Waals surface area contributed by atoms with Crippen LogP contribution in [0.4, 0.5) is 4.39 Å². The van der Waals surface area contributed by atoms with Crippen molar-refractivity contribution >= 4 is 17.4 Å². The van der Waals surface area contributed by atoms with Gasteiger partial charge in [-0.3, -0.25) is 4.79 Å². The lowest BCUT2D eigenvalue weighted by atomic mass is 9.98. The Bertz CT molecular complexity index is 416. The number of halogens is 2. The summed E-state index contributed by atoms with van der Waals surface area (Å²) in [5, 5.41) is 3.69. The highest BCUT2D eigenvalue weighted by Gasteiger charge is 2.18. The van der Waals surface area contributed by atoms with Crippen molar-refractivity contribution in [2.45, 2.75) is 19.3 Å². The number of hydrogen-bond acceptors (Lipinski definition) is 2. The molecule has 1 atom stereocenters. The summed E-state index contributed by atoms with van der Waals surface area (Å²) in [6.45, 7) is 1.89. The summed E-state index contributed by atoms with van der Waals surface area (Å²) in [5.74, 6) is 0.209. The van der Waals surface area contributed by atoms with E-state index >= 15 is 0 Å². The molecule has 1 heterocycles. The van der Waals surface area contributed by atoms with Gasteiger partial charge < -0.3 is 5.32 Å². The van der Waals surface area contributed by atoms with Crippen molar-refractivity contribution in [3.63, 3.8) is 0 Å². The van der Waals surface area contributed by atoms with E-state index in [0.29, 0.717) is 22.9 Å². The Morgan fingerprint density at radius 3 is 3.06 bits per heavy atom. The zero-order valence-electron chi connectivity index (χ0n) is 9.51. The average Bonchev–Trinajstić information content (AvgIpc) is 2.76. The van der Waals surface area contributed by atoms with E-state index in [0.717, 1.165) is 19.5 Å². The molecule has 1 aliphatic rings. The van der Waals surface area contributed by atoms with Gasteiger partial charge in [0.15, 0.2) is 0 Å². The van der Waals surface area contributed by atoms with E-state index in [1.165, 1.54) is 18.2 Å². The molecule has 0 radical (unpaired) electrons. The standard InChI is InChI=1S/C13H15ClFNO/c14-13-2-1-11(15)6-10(13)7-12(17)5-9-3-4-16-8-9/h1-2,6,9,16H,3-5,7-8H2. The summed E-state index contributed by atoms with van der Waals surface area (Å²) in [7, 11) is 0. The monoisotopic (exact) mass is 255 g/mol. The first-order valence-corrected chi connectivity index (χ1v) is 6.19. The van der Waals surface area contributed by atoms with Gasteiger partial charge in [0, 0.05) is 17.9 Å². The number of carbonyl (C=O) groups is 1. The summed E-state index contributed by atoms with van der Waals surface area (Å²) in [6.07, 6.45) is 1.83. The fraction of sp³-hybridized carbons (Fsp3) is 0.462. The molecule has 0 aromatic heterocycles. The minimum absolute atomic E-state index is 0.131. The first-order chi connectivity index (χ1) is 8.15. The van der Waals surface area contributed by atoms with Gasteiger partial charge >= 0.3 is 0 Å². The van der Waals surface area contributed by atoms with E-state index in [1.807, 2.05) is 0 Å². The molecule has 0 saturated carbocycles. The van der Waals surface area contributed by atoms with Crippen molar-refractivity contribution in [2.24, 2.45) is 5.92 Å². The number of nitrogens with one attached hydrogen (secondary N) is 1. The smallest absolute Gasteiger partial charge is 0.137 e. The lowest BCUT2D eigenvalue weighted by Gasteiger charge is -2.08. The number of rotatable bonds is 4. The third-order valence-corrected chi connectivity index (χ3v) is 3.44. The average molecular weight is 256 g/mol. The quantitative estimate of drug-likeness (QED) is 0.896. The van der Waals surface area contributed by atoms with Gasteiger partial charge in [-0.05, 0) is 49.2 Å². The first kappa shape index (κ1) is 12.5. The fourth-order valence-electron chi connectivity index (χ4n) is 2.17. The molecule has 0 spiro atoms. The van der Waals surface area contributed by atoms with Crippen LogP contribution in [0.2, 0.25) is 5.02 Å². The molecule has 1 aromatic carbocycles. The zero-order chi connectivity index (χ0) is 12.3. The Morgan fingerprint density at radius 1 is 1.53 bits per heavy atom. The molecule has 1 N–H and O–H groups in total. The second-order valence-electron chi connectivity index (χ2n) is 4.51. The minimum Gasteiger partial charge on any atom is -0.316 e. The molecule has 92 valence electrons. The topological polar surface area (TPSA) is 29.1 Å². The van der Waals surface area contributed by atoms with Crippen LogP contribution in [0, 0.1) is 11.7 Å². The van der Waals surface area contributed by atoms with Gasteiger partial charge in [0.25, 0.3) is 0 Å². The Morgan fingerprint density at radius 2 is 2.35 bits per heavy atom. The van der Waals surface area contributed by atoms with E-state index in [1.54, 1.807) is 0 Å². The van der Waals surface area contributed by atoms with Gasteiger partial charge in [0.2, 0.25) is 0 Å². The number of hydrogen-bond donors (Lipinski definition) is 1. The molecular formula is C13H15ClFNO. The molecule has 0 bridgehead atoms. The highest BCUT2D eigenvalue weighted by atomic mass is 35.5. The van der Waals surface area contributed by atoms with Gasteiger partial charge in [0.05, 0.1) is 0 Å². The third-order valence-electron chi connectivity index (χ3n) is 3.07. The summed E-state index contributed by atoms with van der Waals surface area (Å²) in [5.41, 5.74) is 0.586. The van der Waals surface area contributed by atoms with Crippen molar-refractivity contribution in [2.75, 3.05) is 13.1 Å². The Hall–Kier alpha value is -0.930. The van der Waals surface area contributed by atoms with Gasteiger partial charge in [-0.2, -0.15) is 0 Å². The molecule has 1 unspecified atom stereocenters. The number of benzene rings is 1. The molecule has 2 nitrogen and oxygen atoms in total. The molecule has 0 aliphatic carbocycles. The second-order valence-corrected chi connectivity index (χ2v) is 4.92. The van der Waals surface area contributed by atoms with E-state index in [2.05, 4.69) is 5.32 Å². The maximum absolute atomic E-state index is 13.0.